The fraction of sp³-hybridized carbons (Fsp3) is 0.294. The van der Waals surface area contributed by atoms with Crippen molar-refractivity contribution in [2.24, 2.45) is 0 Å². The van der Waals surface area contributed by atoms with Crippen molar-refractivity contribution < 1.29 is 0 Å². The molecule has 2 atom stereocenters. The summed E-state index contributed by atoms with van der Waals surface area (Å²) in [4.78, 5) is 2.29. The Morgan fingerprint density at radius 1 is 0.913 bits per heavy atom. The number of hydrogen-bond donors (Lipinski definition) is 0. The molecule has 0 spiro atoms. The number of para-hydroxylation sites is 1. The van der Waals surface area contributed by atoms with Gasteiger partial charge in [0.1, 0.15) is 0 Å². The Labute approximate surface area is 161 Å². The van der Waals surface area contributed by atoms with Crippen LogP contribution in [0.2, 0.25) is 25.1 Å². The van der Waals surface area contributed by atoms with Crippen LogP contribution in [-0.2, 0) is 6.42 Å². The van der Waals surface area contributed by atoms with Crippen molar-refractivity contribution in [2.75, 3.05) is 4.90 Å². The molecule has 2 aromatic rings. The SMILES string of the molecule is CC1Cc2ccccc2N1C(C)c1c(Cl)c(Cl)c(Cl)c(Cl)c1Cl. The van der Waals surface area contributed by atoms with Crippen molar-refractivity contribution in [1.82, 2.24) is 0 Å². The standard InChI is InChI=1S/C17H14Cl5N/c1-8-7-10-5-3-4-6-11(10)23(8)9(2)12-13(18)15(20)17(22)16(21)14(12)19/h3-6,8-9H,7H2,1-2H3. The summed E-state index contributed by atoms with van der Waals surface area (Å²) in [7, 11) is 0. The Morgan fingerprint density at radius 3 is 2.04 bits per heavy atom. The molecule has 1 heterocycles. The highest BCUT2D eigenvalue weighted by Gasteiger charge is 2.33. The van der Waals surface area contributed by atoms with Crippen LogP contribution >= 0.6 is 58.0 Å². The molecule has 0 saturated carbocycles. The van der Waals surface area contributed by atoms with E-state index in [1.165, 1.54) is 11.3 Å². The van der Waals surface area contributed by atoms with Gasteiger partial charge in [-0.15, -0.1) is 0 Å². The Bertz CT molecular complexity index is 745. The van der Waals surface area contributed by atoms with E-state index in [4.69, 9.17) is 58.0 Å². The second kappa shape index (κ2) is 6.54. The molecule has 0 amide bonds. The summed E-state index contributed by atoms with van der Waals surface area (Å²) in [6.45, 7) is 4.23. The highest BCUT2D eigenvalue weighted by Crippen LogP contribution is 2.49. The lowest BCUT2D eigenvalue weighted by atomic mass is 10.1. The van der Waals surface area contributed by atoms with Crippen molar-refractivity contribution in [3.63, 3.8) is 0 Å². The minimum absolute atomic E-state index is 0.0825. The second-order valence-corrected chi connectivity index (χ2v) is 7.64. The van der Waals surface area contributed by atoms with Gasteiger partial charge in [-0.2, -0.15) is 0 Å². The molecule has 0 aromatic heterocycles. The van der Waals surface area contributed by atoms with E-state index in [0.717, 1.165) is 6.42 Å². The van der Waals surface area contributed by atoms with Gasteiger partial charge in [0, 0.05) is 17.3 Å². The van der Waals surface area contributed by atoms with Crippen LogP contribution in [0.5, 0.6) is 0 Å². The molecular weight excluding hydrogens is 395 g/mol. The molecule has 1 aliphatic rings. The first-order valence-corrected chi connectivity index (χ1v) is 9.11. The Morgan fingerprint density at radius 2 is 1.43 bits per heavy atom. The van der Waals surface area contributed by atoms with Gasteiger partial charge in [0.25, 0.3) is 0 Å². The maximum absolute atomic E-state index is 6.44. The molecule has 0 saturated heterocycles. The highest BCUT2D eigenvalue weighted by atomic mass is 35.5. The van der Waals surface area contributed by atoms with E-state index < -0.39 is 0 Å². The average Bonchev–Trinajstić information content (AvgIpc) is 2.86. The number of hydrogen-bond acceptors (Lipinski definition) is 1. The maximum Gasteiger partial charge on any atom is 0.0809 e. The van der Waals surface area contributed by atoms with Crippen LogP contribution in [0.1, 0.15) is 31.0 Å². The highest BCUT2D eigenvalue weighted by molar-refractivity contribution is 6.55. The van der Waals surface area contributed by atoms with Crippen molar-refractivity contribution in [1.29, 1.82) is 0 Å². The predicted molar refractivity (Wildman–Crippen MR) is 102 cm³/mol. The summed E-state index contributed by atoms with van der Waals surface area (Å²) in [5.41, 5.74) is 3.20. The van der Waals surface area contributed by atoms with Crippen LogP contribution in [0.25, 0.3) is 0 Å². The monoisotopic (exact) mass is 407 g/mol. The van der Waals surface area contributed by atoms with Gasteiger partial charge in [-0.1, -0.05) is 76.2 Å². The molecule has 0 aliphatic carbocycles. The third-order valence-corrected chi connectivity index (χ3v) is 6.64. The van der Waals surface area contributed by atoms with Crippen LogP contribution in [0.15, 0.2) is 24.3 Å². The zero-order valence-corrected chi connectivity index (χ0v) is 16.3. The minimum Gasteiger partial charge on any atom is -0.361 e. The van der Waals surface area contributed by atoms with Gasteiger partial charge in [-0.25, -0.2) is 0 Å². The number of halogens is 5. The van der Waals surface area contributed by atoms with Crippen molar-refractivity contribution in [3.05, 3.63) is 60.5 Å². The summed E-state index contributed by atoms with van der Waals surface area (Å²) in [6.07, 6.45) is 0.977. The minimum atomic E-state index is -0.0825. The van der Waals surface area contributed by atoms with Crippen molar-refractivity contribution >= 4 is 63.7 Å². The molecule has 122 valence electrons. The smallest absolute Gasteiger partial charge is 0.0809 e. The lowest BCUT2D eigenvalue weighted by molar-refractivity contribution is 0.596. The number of nitrogens with zero attached hydrogens (tertiary/aromatic N) is 1. The summed E-state index contributed by atoms with van der Waals surface area (Å²) in [6, 6.07) is 8.57. The first-order valence-electron chi connectivity index (χ1n) is 7.22. The van der Waals surface area contributed by atoms with Crippen LogP contribution in [0.3, 0.4) is 0 Å². The zero-order chi connectivity index (χ0) is 16.9. The topological polar surface area (TPSA) is 3.24 Å². The number of fused-ring (bicyclic) bond motifs is 1. The van der Waals surface area contributed by atoms with Gasteiger partial charge in [0.2, 0.25) is 0 Å². The normalized spacial score (nSPS) is 18.2. The number of anilines is 1. The van der Waals surface area contributed by atoms with E-state index in [0.29, 0.717) is 21.7 Å². The third kappa shape index (κ3) is 2.81. The molecule has 0 fully saturated rings. The largest absolute Gasteiger partial charge is 0.361 e. The first-order chi connectivity index (χ1) is 10.8. The molecule has 0 radical (unpaired) electrons. The Hall–Kier alpha value is -0.310. The van der Waals surface area contributed by atoms with Gasteiger partial charge in [-0.05, 0) is 31.9 Å². The summed E-state index contributed by atoms with van der Waals surface area (Å²) in [5, 5.41) is 1.38. The molecule has 3 rings (SSSR count). The van der Waals surface area contributed by atoms with E-state index in [1.54, 1.807) is 0 Å². The molecule has 1 nitrogen and oxygen atoms in total. The fourth-order valence-corrected chi connectivity index (χ4v) is 4.78. The zero-order valence-electron chi connectivity index (χ0n) is 12.5. The quantitative estimate of drug-likeness (QED) is 0.367. The average molecular weight is 410 g/mol. The predicted octanol–water partition coefficient (Wildman–Crippen LogP) is 7.47. The molecule has 1 aliphatic heterocycles. The molecule has 0 N–H and O–H groups in total. The summed E-state index contributed by atoms with van der Waals surface area (Å²) in [5.74, 6) is 0. The molecule has 0 bridgehead atoms. The number of rotatable bonds is 2. The Balaban J connectivity index is 2.14. The third-order valence-electron chi connectivity index (χ3n) is 4.34. The van der Waals surface area contributed by atoms with Crippen molar-refractivity contribution in [3.8, 4) is 0 Å². The fourth-order valence-electron chi connectivity index (χ4n) is 3.31. The van der Waals surface area contributed by atoms with Crippen molar-refractivity contribution in [2.45, 2.75) is 32.4 Å². The van der Waals surface area contributed by atoms with Gasteiger partial charge in [0.05, 0.1) is 31.2 Å². The van der Waals surface area contributed by atoms with E-state index in [-0.39, 0.29) is 21.1 Å². The second-order valence-electron chi connectivity index (χ2n) is 5.75. The lowest BCUT2D eigenvalue weighted by Gasteiger charge is -2.33. The lowest BCUT2D eigenvalue weighted by Crippen LogP contribution is -2.32. The van der Waals surface area contributed by atoms with Gasteiger partial charge >= 0.3 is 0 Å². The summed E-state index contributed by atoms with van der Waals surface area (Å²) >= 11 is 31.4. The van der Waals surface area contributed by atoms with E-state index >= 15 is 0 Å². The maximum atomic E-state index is 6.44. The van der Waals surface area contributed by atoms with Gasteiger partial charge < -0.3 is 4.90 Å². The number of benzene rings is 2. The van der Waals surface area contributed by atoms with Crippen LogP contribution in [0, 0.1) is 0 Å². The van der Waals surface area contributed by atoms with Crippen LogP contribution < -0.4 is 4.90 Å². The van der Waals surface area contributed by atoms with E-state index in [1.807, 2.05) is 13.0 Å². The molecule has 23 heavy (non-hydrogen) atoms. The van der Waals surface area contributed by atoms with Gasteiger partial charge in [-0.3, -0.25) is 0 Å². The Kier molecular flexibility index (Phi) is 4.98. The molecule has 2 unspecified atom stereocenters. The van der Waals surface area contributed by atoms with E-state index in [9.17, 15) is 0 Å². The molecule has 2 aromatic carbocycles. The molecule has 6 heteroatoms. The van der Waals surface area contributed by atoms with Crippen LogP contribution in [0.4, 0.5) is 5.69 Å². The van der Waals surface area contributed by atoms with E-state index in [2.05, 4.69) is 30.0 Å². The van der Waals surface area contributed by atoms with Gasteiger partial charge in [0.15, 0.2) is 0 Å². The first kappa shape index (κ1) is 17.5. The summed E-state index contributed by atoms with van der Waals surface area (Å²) < 4.78 is 0. The molecular formula is C17H14Cl5N. The van der Waals surface area contributed by atoms with Crippen LogP contribution in [-0.4, -0.2) is 6.04 Å².